The minimum absolute atomic E-state index is 0.127. The van der Waals surface area contributed by atoms with Crippen molar-refractivity contribution in [2.45, 2.75) is 110 Å². The first kappa shape index (κ1) is 33.2. The average molecular weight is 511 g/mol. The van der Waals surface area contributed by atoms with E-state index >= 15 is 0 Å². The first-order valence-corrected chi connectivity index (χ1v) is 12.5. The molecule has 0 rings (SSSR count). The molecule has 0 saturated heterocycles. The Hall–Kier alpha value is -2.79. The monoisotopic (exact) mass is 510 g/mol. The molecule has 206 valence electrons. The Morgan fingerprint density at radius 3 is 1.81 bits per heavy atom. The minimum atomic E-state index is -1.05. The van der Waals surface area contributed by atoms with Gasteiger partial charge in [-0.05, 0) is 71.6 Å². The molecule has 0 aromatic heterocycles. The molecule has 0 aromatic carbocycles. The molecule has 0 spiro atoms. The number of hydrazine groups is 1. The van der Waals surface area contributed by atoms with E-state index in [-0.39, 0.29) is 36.4 Å². The molecule has 1 unspecified atom stereocenters. The molecule has 4 amide bonds. The normalized spacial score (nSPS) is 15.6. The molecule has 11 nitrogen and oxygen atoms in total. The molecule has 0 radical (unpaired) electrons. The Kier molecular flexibility index (Phi) is 14.8. The number of Topliss-reactive ketones (excluding diaryl/α,β-unsaturated/α-hetero) is 1. The zero-order valence-corrected chi connectivity index (χ0v) is 22.4. The zero-order chi connectivity index (χ0) is 27.9. The highest BCUT2D eigenvalue weighted by atomic mass is 16.2. The first-order valence-electron chi connectivity index (χ1n) is 12.5. The van der Waals surface area contributed by atoms with Crippen LogP contribution in [0.25, 0.3) is 0 Å². The van der Waals surface area contributed by atoms with Gasteiger partial charge in [0.05, 0.1) is 5.54 Å². The smallest absolute Gasteiger partial charge is 0.241 e. The van der Waals surface area contributed by atoms with E-state index < -0.39 is 28.9 Å². The standard InChI is InChI=1S/C25H46N6O5/c1-17(2)21(22(27)35)29-23(36)25(5,31-28)16-11-9-7-6-8-10-15-24(4,18(3)32)30-20(34)14-12-13-19(26)33/h6-7,17,21,31H,8-16,28H2,1-5H3,(H2,26,33)(H2,27,35)(H,29,36)(H,30,34)/b7-6+/t21?,24-,25-/m0/s1. The van der Waals surface area contributed by atoms with E-state index in [0.29, 0.717) is 38.5 Å². The highest BCUT2D eigenvalue weighted by Gasteiger charge is 2.34. The van der Waals surface area contributed by atoms with Crippen molar-refractivity contribution in [2.75, 3.05) is 0 Å². The molecular formula is C25H46N6O5. The van der Waals surface area contributed by atoms with Gasteiger partial charge >= 0.3 is 0 Å². The lowest BCUT2D eigenvalue weighted by Gasteiger charge is -2.30. The Balaban J connectivity index is 4.56. The fourth-order valence-electron chi connectivity index (χ4n) is 3.62. The number of nitrogens with two attached hydrogens (primary N) is 3. The summed E-state index contributed by atoms with van der Waals surface area (Å²) in [5.41, 5.74) is 11.0. The second-order valence-electron chi connectivity index (χ2n) is 10.1. The first-order chi connectivity index (χ1) is 16.7. The number of allylic oxidation sites excluding steroid dienone is 2. The predicted octanol–water partition coefficient (Wildman–Crippen LogP) is 0.851. The van der Waals surface area contributed by atoms with Gasteiger partial charge in [0, 0.05) is 12.8 Å². The van der Waals surface area contributed by atoms with Crippen LogP contribution in [0.1, 0.15) is 92.4 Å². The quantitative estimate of drug-likeness (QED) is 0.0640. The van der Waals surface area contributed by atoms with Gasteiger partial charge in [0.15, 0.2) is 5.78 Å². The number of rotatable bonds is 19. The summed E-state index contributed by atoms with van der Waals surface area (Å²) in [5.74, 6) is 3.65. The highest BCUT2D eigenvalue weighted by Crippen LogP contribution is 2.18. The SMILES string of the molecule is CC(=O)[C@](C)(CCC/C=C/CCC[C@](C)(NN)C(=O)NC(C(N)=O)C(C)C)NC(=O)CCCC(N)=O. The molecule has 0 fully saturated rings. The van der Waals surface area contributed by atoms with Gasteiger partial charge in [0.1, 0.15) is 11.6 Å². The maximum absolute atomic E-state index is 12.7. The van der Waals surface area contributed by atoms with Crippen LogP contribution in [0.5, 0.6) is 0 Å². The maximum Gasteiger partial charge on any atom is 0.241 e. The van der Waals surface area contributed by atoms with Crippen molar-refractivity contribution >= 4 is 29.4 Å². The second-order valence-corrected chi connectivity index (χ2v) is 10.1. The van der Waals surface area contributed by atoms with Crippen molar-refractivity contribution in [1.82, 2.24) is 16.1 Å². The summed E-state index contributed by atoms with van der Waals surface area (Å²) in [6, 6.07) is -0.773. The van der Waals surface area contributed by atoms with E-state index in [1.807, 2.05) is 12.2 Å². The summed E-state index contributed by atoms with van der Waals surface area (Å²) in [7, 11) is 0. The molecule has 0 aliphatic carbocycles. The zero-order valence-electron chi connectivity index (χ0n) is 22.4. The Bertz CT molecular complexity index is 800. The van der Waals surface area contributed by atoms with E-state index in [9.17, 15) is 24.0 Å². The van der Waals surface area contributed by atoms with Crippen molar-refractivity contribution in [3.05, 3.63) is 12.2 Å². The lowest BCUT2D eigenvalue weighted by molar-refractivity contribution is -0.132. The molecule has 0 bridgehead atoms. The predicted molar refractivity (Wildman–Crippen MR) is 139 cm³/mol. The van der Waals surface area contributed by atoms with Crippen LogP contribution < -0.4 is 33.4 Å². The van der Waals surface area contributed by atoms with Crippen molar-refractivity contribution in [2.24, 2.45) is 23.2 Å². The summed E-state index contributed by atoms with van der Waals surface area (Å²) in [4.78, 5) is 59.3. The molecule has 9 N–H and O–H groups in total. The lowest BCUT2D eigenvalue weighted by Crippen LogP contribution is -2.61. The molecule has 0 saturated carbocycles. The van der Waals surface area contributed by atoms with E-state index in [0.717, 1.165) is 6.42 Å². The van der Waals surface area contributed by atoms with E-state index in [1.165, 1.54) is 6.92 Å². The molecule has 0 aromatic rings. The van der Waals surface area contributed by atoms with Crippen molar-refractivity contribution in [3.8, 4) is 0 Å². The second kappa shape index (κ2) is 16.1. The van der Waals surface area contributed by atoms with Crippen LogP contribution in [0.15, 0.2) is 12.2 Å². The Morgan fingerprint density at radius 2 is 1.39 bits per heavy atom. The van der Waals surface area contributed by atoms with Gasteiger partial charge in [0.25, 0.3) is 0 Å². The van der Waals surface area contributed by atoms with Crippen LogP contribution in [-0.4, -0.2) is 46.5 Å². The van der Waals surface area contributed by atoms with Crippen molar-refractivity contribution in [1.29, 1.82) is 0 Å². The Morgan fingerprint density at radius 1 is 0.861 bits per heavy atom. The molecule has 0 aliphatic heterocycles. The Labute approximate surface area is 214 Å². The fraction of sp³-hybridized carbons (Fsp3) is 0.720. The summed E-state index contributed by atoms with van der Waals surface area (Å²) in [5, 5.41) is 5.47. The molecule has 11 heteroatoms. The van der Waals surface area contributed by atoms with Crippen LogP contribution in [0.4, 0.5) is 0 Å². The van der Waals surface area contributed by atoms with Crippen LogP contribution in [-0.2, 0) is 24.0 Å². The van der Waals surface area contributed by atoms with Crippen LogP contribution >= 0.6 is 0 Å². The van der Waals surface area contributed by atoms with Crippen LogP contribution in [0.2, 0.25) is 0 Å². The third-order valence-corrected chi connectivity index (χ3v) is 6.36. The topological polar surface area (TPSA) is 200 Å². The van der Waals surface area contributed by atoms with Gasteiger partial charge in [-0.2, -0.15) is 0 Å². The average Bonchev–Trinajstić information content (AvgIpc) is 2.77. The minimum Gasteiger partial charge on any atom is -0.370 e. The number of carbonyl (C=O) groups excluding carboxylic acids is 5. The number of hydrogen-bond acceptors (Lipinski definition) is 7. The number of ketones is 1. The molecular weight excluding hydrogens is 464 g/mol. The summed E-state index contributed by atoms with van der Waals surface area (Å²) < 4.78 is 0. The molecule has 0 heterocycles. The molecule has 36 heavy (non-hydrogen) atoms. The van der Waals surface area contributed by atoms with Gasteiger partial charge in [-0.15, -0.1) is 0 Å². The van der Waals surface area contributed by atoms with E-state index in [1.54, 1.807) is 27.7 Å². The van der Waals surface area contributed by atoms with Gasteiger partial charge in [-0.25, -0.2) is 5.43 Å². The number of primary amides is 2. The number of nitrogens with one attached hydrogen (secondary N) is 3. The highest BCUT2D eigenvalue weighted by molar-refractivity contribution is 5.92. The van der Waals surface area contributed by atoms with Gasteiger partial charge < -0.3 is 22.1 Å². The van der Waals surface area contributed by atoms with Gasteiger partial charge in [-0.1, -0.05) is 26.0 Å². The number of unbranched alkanes of at least 4 members (excludes halogenated alkanes) is 2. The summed E-state index contributed by atoms with van der Waals surface area (Å²) in [6.45, 7) is 8.43. The number of amides is 4. The van der Waals surface area contributed by atoms with E-state index in [4.69, 9.17) is 17.3 Å². The van der Waals surface area contributed by atoms with E-state index in [2.05, 4.69) is 16.1 Å². The van der Waals surface area contributed by atoms with Crippen molar-refractivity contribution < 1.29 is 24.0 Å². The third kappa shape index (κ3) is 12.3. The fourth-order valence-corrected chi connectivity index (χ4v) is 3.62. The third-order valence-electron chi connectivity index (χ3n) is 6.36. The van der Waals surface area contributed by atoms with Crippen LogP contribution in [0, 0.1) is 5.92 Å². The van der Waals surface area contributed by atoms with Gasteiger partial charge in [-0.3, -0.25) is 29.8 Å². The largest absolute Gasteiger partial charge is 0.370 e. The van der Waals surface area contributed by atoms with Gasteiger partial charge in [0.2, 0.25) is 23.6 Å². The number of carbonyl (C=O) groups is 5. The maximum atomic E-state index is 12.7. The molecule has 0 aliphatic rings. The summed E-state index contributed by atoms with van der Waals surface area (Å²) >= 11 is 0. The summed E-state index contributed by atoms with van der Waals surface area (Å²) in [6.07, 6.45) is 8.38. The van der Waals surface area contributed by atoms with Crippen molar-refractivity contribution in [3.63, 3.8) is 0 Å². The lowest BCUT2D eigenvalue weighted by atomic mass is 9.90. The van der Waals surface area contributed by atoms with Crippen LogP contribution in [0.3, 0.4) is 0 Å². The molecule has 3 atom stereocenters. The number of hydrogen-bond donors (Lipinski definition) is 6.